The molecule has 1 heterocycles. The molecule has 0 spiro atoms. The lowest BCUT2D eigenvalue weighted by Gasteiger charge is -2.38. The summed E-state index contributed by atoms with van der Waals surface area (Å²) in [5.74, 6) is 0.779. The molecule has 2 aromatic carbocycles. The number of hydrogen-bond donors (Lipinski definition) is 1. The molecule has 3 rings (SSSR count). The van der Waals surface area contributed by atoms with E-state index in [0.717, 1.165) is 22.6 Å². The number of ether oxygens (including phenoxy) is 2. The standard InChI is InChI=1S/C26H36N4O4Si/c1-8-33-25(31)24-21(23(29-30-27)20-16-19(32-5)13-14-22(20)28-24)15-17-9-11-18(12-10-17)34-35(6,7)26(2,3)4/h9-14,16,21,23-24,28H,8,15H2,1-7H3/t21-,23+,24+/m1/s1. The highest BCUT2D eigenvalue weighted by molar-refractivity contribution is 6.74. The zero-order valence-corrected chi connectivity index (χ0v) is 22.7. The van der Waals surface area contributed by atoms with Crippen LogP contribution in [0.15, 0.2) is 47.6 Å². The Morgan fingerprint density at radius 2 is 1.80 bits per heavy atom. The van der Waals surface area contributed by atoms with Crippen LogP contribution in [0.3, 0.4) is 0 Å². The summed E-state index contributed by atoms with van der Waals surface area (Å²) in [6.07, 6.45) is 0.511. The Hall–Kier alpha value is -3.16. The van der Waals surface area contributed by atoms with E-state index in [-0.39, 0.29) is 23.5 Å². The second-order valence-corrected chi connectivity index (χ2v) is 15.1. The lowest BCUT2D eigenvalue weighted by atomic mass is 9.79. The average Bonchev–Trinajstić information content (AvgIpc) is 2.80. The molecule has 0 unspecified atom stereocenters. The Morgan fingerprint density at radius 1 is 1.14 bits per heavy atom. The van der Waals surface area contributed by atoms with Gasteiger partial charge in [0, 0.05) is 16.5 Å². The number of azide groups is 1. The van der Waals surface area contributed by atoms with E-state index in [2.05, 4.69) is 49.2 Å². The van der Waals surface area contributed by atoms with Gasteiger partial charge in [-0.2, -0.15) is 0 Å². The van der Waals surface area contributed by atoms with Crippen LogP contribution in [0.1, 0.15) is 44.9 Å². The molecule has 8 nitrogen and oxygen atoms in total. The molecule has 2 aromatic rings. The van der Waals surface area contributed by atoms with E-state index in [9.17, 15) is 10.3 Å². The first-order chi connectivity index (χ1) is 16.5. The van der Waals surface area contributed by atoms with E-state index in [4.69, 9.17) is 13.9 Å². The Labute approximate surface area is 208 Å². The molecule has 1 N–H and O–H groups in total. The number of anilines is 1. The van der Waals surface area contributed by atoms with Gasteiger partial charge < -0.3 is 19.2 Å². The Kier molecular flexibility index (Phi) is 8.02. The van der Waals surface area contributed by atoms with Gasteiger partial charge in [-0.05, 0) is 78.5 Å². The van der Waals surface area contributed by atoms with Crippen molar-refractivity contribution in [1.29, 1.82) is 0 Å². The monoisotopic (exact) mass is 496 g/mol. The van der Waals surface area contributed by atoms with Gasteiger partial charge in [-0.3, -0.25) is 0 Å². The number of nitrogens with one attached hydrogen (secondary N) is 1. The van der Waals surface area contributed by atoms with Crippen LogP contribution < -0.4 is 14.5 Å². The smallest absolute Gasteiger partial charge is 0.328 e. The summed E-state index contributed by atoms with van der Waals surface area (Å²) in [5, 5.41) is 7.54. The average molecular weight is 497 g/mol. The quantitative estimate of drug-likeness (QED) is 0.145. The van der Waals surface area contributed by atoms with Gasteiger partial charge >= 0.3 is 5.97 Å². The second-order valence-electron chi connectivity index (χ2n) is 10.4. The van der Waals surface area contributed by atoms with Crippen LogP contribution in [0.2, 0.25) is 18.1 Å². The van der Waals surface area contributed by atoms with Crippen LogP contribution in [0.4, 0.5) is 5.69 Å². The third-order valence-electron chi connectivity index (χ3n) is 7.01. The number of esters is 1. The van der Waals surface area contributed by atoms with Crippen LogP contribution in [0.25, 0.3) is 10.4 Å². The zero-order chi connectivity index (χ0) is 25.8. The van der Waals surface area contributed by atoms with Crippen molar-refractivity contribution in [2.75, 3.05) is 19.0 Å². The fourth-order valence-electron chi connectivity index (χ4n) is 4.04. The second kappa shape index (κ2) is 10.6. The van der Waals surface area contributed by atoms with Crippen molar-refractivity contribution >= 4 is 20.0 Å². The van der Waals surface area contributed by atoms with E-state index < -0.39 is 20.4 Å². The minimum Gasteiger partial charge on any atom is -0.544 e. The van der Waals surface area contributed by atoms with Gasteiger partial charge in [0.15, 0.2) is 0 Å². The lowest BCUT2D eigenvalue weighted by molar-refractivity contribution is -0.145. The normalized spacial score (nSPS) is 19.6. The van der Waals surface area contributed by atoms with Crippen molar-refractivity contribution in [3.8, 4) is 11.5 Å². The third kappa shape index (κ3) is 5.92. The Morgan fingerprint density at radius 3 is 2.37 bits per heavy atom. The highest BCUT2D eigenvalue weighted by Crippen LogP contribution is 2.43. The first-order valence-corrected chi connectivity index (χ1v) is 14.8. The summed E-state index contributed by atoms with van der Waals surface area (Å²) in [6, 6.07) is 12.3. The van der Waals surface area contributed by atoms with Crippen molar-refractivity contribution in [3.05, 3.63) is 64.0 Å². The molecule has 9 heteroatoms. The molecule has 35 heavy (non-hydrogen) atoms. The van der Waals surface area contributed by atoms with Crippen LogP contribution in [0.5, 0.6) is 11.5 Å². The third-order valence-corrected chi connectivity index (χ3v) is 11.4. The van der Waals surface area contributed by atoms with E-state index in [1.807, 2.05) is 42.5 Å². The van der Waals surface area contributed by atoms with E-state index in [0.29, 0.717) is 12.2 Å². The molecule has 0 saturated heterocycles. The molecule has 0 saturated carbocycles. The number of carbonyl (C=O) groups excluding carboxylic acids is 1. The highest BCUT2D eigenvalue weighted by atomic mass is 28.4. The van der Waals surface area contributed by atoms with E-state index >= 15 is 0 Å². The summed E-state index contributed by atoms with van der Waals surface area (Å²) < 4.78 is 17.2. The molecule has 0 aliphatic carbocycles. The van der Waals surface area contributed by atoms with E-state index in [1.165, 1.54) is 0 Å². The number of hydrogen-bond acceptors (Lipinski definition) is 6. The summed E-state index contributed by atoms with van der Waals surface area (Å²) >= 11 is 0. The van der Waals surface area contributed by atoms with Gasteiger partial charge in [-0.1, -0.05) is 38.0 Å². The van der Waals surface area contributed by atoms with Gasteiger partial charge in [-0.25, -0.2) is 4.79 Å². The van der Waals surface area contributed by atoms with E-state index in [1.54, 1.807) is 14.0 Å². The van der Waals surface area contributed by atoms with Crippen molar-refractivity contribution in [2.45, 2.75) is 64.3 Å². The molecule has 0 amide bonds. The fraction of sp³-hybridized carbons (Fsp3) is 0.500. The SMILES string of the molecule is CCOC(=O)[C@H]1Nc2ccc(OC)cc2[C@H](N=[N+]=[N-])[C@H]1Cc1ccc(O[Si](C)(C)C(C)(C)C)cc1. The van der Waals surface area contributed by atoms with Gasteiger partial charge in [0.05, 0.1) is 19.8 Å². The maximum Gasteiger partial charge on any atom is 0.328 e. The number of carbonyl (C=O) groups is 1. The number of methoxy groups -OCH3 is 1. The summed E-state index contributed by atoms with van der Waals surface area (Å²) in [4.78, 5) is 16.0. The van der Waals surface area contributed by atoms with Gasteiger partial charge in [0.1, 0.15) is 17.5 Å². The topological polar surface area (TPSA) is 106 Å². The molecule has 1 aliphatic rings. The van der Waals surface area contributed by atoms with Crippen molar-refractivity contribution < 1.29 is 18.7 Å². The number of rotatable bonds is 8. The van der Waals surface area contributed by atoms with Gasteiger partial charge in [0.25, 0.3) is 0 Å². The summed E-state index contributed by atoms with van der Waals surface area (Å²) in [6.45, 7) is 13.1. The molecule has 0 fully saturated rings. The largest absolute Gasteiger partial charge is 0.544 e. The predicted octanol–water partition coefficient (Wildman–Crippen LogP) is 6.65. The van der Waals surface area contributed by atoms with Crippen molar-refractivity contribution in [2.24, 2.45) is 11.0 Å². The molecule has 1 aliphatic heterocycles. The molecule has 0 aromatic heterocycles. The molecule has 3 atom stereocenters. The first kappa shape index (κ1) is 26.4. The van der Waals surface area contributed by atoms with Crippen LogP contribution >= 0.6 is 0 Å². The number of nitrogens with zero attached hydrogens (tertiary/aromatic N) is 3. The van der Waals surface area contributed by atoms with Crippen LogP contribution in [-0.4, -0.2) is 34.0 Å². The molecule has 188 valence electrons. The molecular formula is C26H36N4O4Si. The Bertz CT molecular complexity index is 1090. The van der Waals surface area contributed by atoms with Crippen LogP contribution in [-0.2, 0) is 16.0 Å². The number of fused-ring (bicyclic) bond motifs is 1. The lowest BCUT2D eigenvalue weighted by Crippen LogP contribution is -2.45. The molecule has 0 bridgehead atoms. The predicted molar refractivity (Wildman–Crippen MR) is 140 cm³/mol. The fourth-order valence-corrected chi connectivity index (χ4v) is 5.08. The van der Waals surface area contributed by atoms with Crippen molar-refractivity contribution in [1.82, 2.24) is 0 Å². The Balaban J connectivity index is 1.94. The minimum atomic E-state index is -1.95. The summed E-state index contributed by atoms with van der Waals surface area (Å²) in [7, 11) is -0.359. The maximum absolute atomic E-state index is 12.9. The molecule has 0 radical (unpaired) electrons. The highest BCUT2D eigenvalue weighted by Gasteiger charge is 2.41. The maximum atomic E-state index is 12.9. The van der Waals surface area contributed by atoms with Crippen LogP contribution in [0, 0.1) is 5.92 Å². The van der Waals surface area contributed by atoms with Crippen molar-refractivity contribution in [3.63, 3.8) is 0 Å². The zero-order valence-electron chi connectivity index (χ0n) is 21.7. The molecular weight excluding hydrogens is 460 g/mol. The minimum absolute atomic E-state index is 0.100. The number of benzene rings is 2. The van der Waals surface area contributed by atoms with Gasteiger partial charge in [-0.15, -0.1) is 0 Å². The first-order valence-electron chi connectivity index (χ1n) is 11.9. The summed E-state index contributed by atoms with van der Waals surface area (Å²) in [5.41, 5.74) is 11.9. The van der Waals surface area contributed by atoms with Gasteiger partial charge in [0.2, 0.25) is 8.32 Å².